The van der Waals surface area contributed by atoms with Crippen LogP contribution in [0.25, 0.3) is 5.69 Å². The van der Waals surface area contributed by atoms with E-state index in [-0.39, 0.29) is 24.8 Å². The van der Waals surface area contributed by atoms with Gasteiger partial charge in [0.2, 0.25) is 11.8 Å². The Morgan fingerprint density at radius 3 is 2.93 bits per heavy atom. The van der Waals surface area contributed by atoms with Gasteiger partial charge in [-0.05, 0) is 18.6 Å². The van der Waals surface area contributed by atoms with Crippen LogP contribution < -0.4 is 5.32 Å². The Balaban J connectivity index is 1.63. The van der Waals surface area contributed by atoms with Crippen LogP contribution in [-0.2, 0) is 22.6 Å². The summed E-state index contributed by atoms with van der Waals surface area (Å²) in [5.74, 6) is -0.978. The molecule has 1 aromatic heterocycles. The largest absolute Gasteiger partial charge is 0.322 e. The Morgan fingerprint density at radius 1 is 1.30 bits per heavy atom. The highest BCUT2D eigenvalue weighted by atomic mass is 16.2. The first-order valence-corrected chi connectivity index (χ1v) is 8.63. The zero-order valence-corrected chi connectivity index (χ0v) is 14.4. The second-order valence-electron chi connectivity index (χ2n) is 6.52. The third-order valence-corrected chi connectivity index (χ3v) is 4.84. The Bertz CT molecular complexity index is 989. The number of nitrogens with one attached hydrogen (secondary N) is 1. The number of imide groups is 1. The fourth-order valence-corrected chi connectivity index (χ4v) is 3.50. The second-order valence-corrected chi connectivity index (χ2v) is 6.52. The SMILES string of the molecule is N#CCCc1cn(-c2cccc3c2CN(C2CCC(=O)NC2=O)C3=O)nn1. The molecule has 0 bridgehead atoms. The number of nitrogens with zero attached hydrogens (tertiary/aromatic N) is 5. The first-order valence-electron chi connectivity index (χ1n) is 8.63. The quantitative estimate of drug-likeness (QED) is 0.788. The van der Waals surface area contributed by atoms with Crippen LogP contribution in [-0.4, -0.2) is 43.7 Å². The number of hydrogen-bond donors (Lipinski definition) is 1. The highest BCUT2D eigenvalue weighted by molar-refractivity contribution is 6.05. The van der Waals surface area contributed by atoms with E-state index < -0.39 is 11.9 Å². The molecule has 9 nitrogen and oxygen atoms in total. The number of aromatic nitrogens is 3. The van der Waals surface area contributed by atoms with Crippen LogP contribution in [0.2, 0.25) is 0 Å². The minimum atomic E-state index is -0.655. The Labute approximate surface area is 154 Å². The van der Waals surface area contributed by atoms with E-state index in [4.69, 9.17) is 5.26 Å². The predicted octanol–water partition coefficient (Wildman–Crippen LogP) is 0.484. The van der Waals surface area contributed by atoms with Crippen LogP contribution in [0.15, 0.2) is 24.4 Å². The van der Waals surface area contributed by atoms with Crippen LogP contribution >= 0.6 is 0 Å². The lowest BCUT2D eigenvalue weighted by Gasteiger charge is -2.29. The van der Waals surface area contributed by atoms with Crippen molar-refractivity contribution in [2.45, 2.75) is 38.3 Å². The van der Waals surface area contributed by atoms with E-state index in [0.29, 0.717) is 36.2 Å². The number of piperidine rings is 1. The van der Waals surface area contributed by atoms with Crippen LogP contribution in [0.3, 0.4) is 0 Å². The summed E-state index contributed by atoms with van der Waals surface area (Å²) >= 11 is 0. The van der Waals surface area contributed by atoms with Crippen molar-refractivity contribution in [3.63, 3.8) is 0 Å². The molecule has 1 atom stereocenters. The Hall–Kier alpha value is -3.54. The van der Waals surface area contributed by atoms with Crippen molar-refractivity contribution >= 4 is 17.7 Å². The van der Waals surface area contributed by atoms with Gasteiger partial charge < -0.3 is 4.90 Å². The normalized spacial score (nSPS) is 19.0. The van der Waals surface area contributed by atoms with E-state index in [9.17, 15) is 14.4 Å². The van der Waals surface area contributed by atoms with Gasteiger partial charge in [0.1, 0.15) is 6.04 Å². The zero-order chi connectivity index (χ0) is 19.0. The number of carbonyl (C=O) groups is 3. The monoisotopic (exact) mass is 364 g/mol. The summed E-state index contributed by atoms with van der Waals surface area (Å²) in [6.45, 7) is 0.268. The molecule has 2 aliphatic rings. The lowest BCUT2D eigenvalue weighted by molar-refractivity contribution is -0.136. The highest BCUT2D eigenvalue weighted by Gasteiger charge is 2.40. The third kappa shape index (κ3) is 2.95. The van der Waals surface area contributed by atoms with Crippen molar-refractivity contribution in [1.29, 1.82) is 5.26 Å². The smallest absolute Gasteiger partial charge is 0.255 e. The first-order chi connectivity index (χ1) is 13.1. The number of benzene rings is 1. The number of carbonyl (C=O) groups excluding carboxylic acids is 3. The van der Waals surface area contributed by atoms with Crippen LogP contribution in [0, 0.1) is 11.3 Å². The van der Waals surface area contributed by atoms with Gasteiger partial charge in [-0.15, -0.1) is 5.10 Å². The zero-order valence-electron chi connectivity index (χ0n) is 14.4. The van der Waals surface area contributed by atoms with Crippen molar-refractivity contribution in [1.82, 2.24) is 25.2 Å². The van der Waals surface area contributed by atoms with Crippen molar-refractivity contribution in [2.24, 2.45) is 0 Å². The standard InChI is InChI=1S/C18H16N6O3/c19-8-2-3-11-9-24(22-21-11)14-5-1-4-12-13(14)10-23(18(12)27)15-6-7-16(25)20-17(15)26/h1,4-5,9,15H,2-3,6-7,10H2,(H,20,25,26). The van der Waals surface area contributed by atoms with Gasteiger partial charge in [0.25, 0.3) is 5.91 Å². The van der Waals surface area contributed by atoms with Gasteiger partial charge >= 0.3 is 0 Å². The molecule has 9 heteroatoms. The summed E-state index contributed by atoms with van der Waals surface area (Å²) in [5, 5.41) is 19.2. The highest BCUT2D eigenvalue weighted by Crippen LogP contribution is 2.31. The Morgan fingerprint density at radius 2 is 2.15 bits per heavy atom. The van der Waals surface area contributed by atoms with E-state index in [1.165, 1.54) is 4.90 Å². The van der Waals surface area contributed by atoms with Gasteiger partial charge in [-0.25, -0.2) is 4.68 Å². The molecular weight excluding hydrogens is 348 g/mol. The molecule has 0 aliphatic carbocycles. The maximum atomic E-state index is 12.8. The first kappa shape index (κ1) is 16.9. The maximum Gasteiger partial charge on any atom is 0.255 e. The fourth-order valence-electron chi connectivity index (χ4n) is 3.50. The number of aryl methyl sites for hydroxylation is 1. The average molecular weight is 364 g/mol. The molecular formula is C18H16N6O3. The summed E-state index contributed by atoms with van der Waals surface area (Å²) in [4.78, 5) is 37.9. The molecule has 0 radical (unpaired) electrons. The van der Waals surface area contributed by atoms with E-state index in [2.05, 4.69) is 21.7 Å². The fraction of sp³-hybridized carbons (Fsp3) is 0.333. The van der Waals surface area contributed by atoms with E-state index in [0.717, 1.165) is 5.56 Å². The van der Waals surface area contributed by atoms with Gasteiger partial charge in [0.05, 0.1) is 23.6 Å². The van der Waals surface area contributed by atoms with Crippen molar-refractivity contribution in [2.75, 3.05) is 0 Å². The molecule has 1 unspecified atom stereocenters. The van der Waals surface area contributed by atoms with Crippen molar-refractivity contribution in [3.8, 4) is 11.8 Å². The molecule has 136 valence electrons. The van der Waals surface area contributed by atoms with Crippen LogP contribution in [0.1, 0.15) is 40.9 Å². The predicted molar refractivity (Wildman–Crippen MR) is 91.3 cm³/mol. The average Bonchev–Trinajstić information content (AvgIpc) is 3.25. The van der Waals surface area contributed by atoms with Gasteiger partial charge in [-0.2, -0.15) is 5.26 Å². The molecule has 3 heterocycles. The van der Waals surface area contributed by atoms with E-state index in [1.807, 2.05) is 6.07 Å². The molecule has 1 saturated heterocycles. The number of amides is 3. The van der Waals surface area contributed by atoms with Gasteiger partial charge in [0.15, 0.2) is 0 Å². The topological polar surface area (TPSA) is 121 Å². The van der Waals surface area contributed by atoms with E-state index >= 15 is 0 Å². The summed E-state index contributed by atoms with van der Waals surface area (Å²) in [5.41, 5.74) is 2.70. The van der Waals surface area contributed by atoms with Gasteiger partial charge in [0, 0.05) is 36.9 Å². The van der Waals surface area contributed by atoms with Crippen molar-refractivity contribution < 1.29 is 14.4 Å². The van der Waals surface area contributed by atoms with E-state index in [1.54, 1.807) is 23.0 Å². The maximum absolute atomic E-state index is 12.8. The Kier molecular flexibility index (Phi) is 4.16. The summed E-state index contributed by atoms with van der Waals surface area (Å²) in [6, 6.07) is 6.74. The lowest BCUT2D eigenvalue weighted by Crippen LogP contribution is -2.52. The molecule has 1 aromatic carbocycles. The van der Waals surface area contributed by atoms with Gasteiger partial charge in [-0.1, -0.05) is 11.3 Å². The molecule has 4 rings (SSSR count). The van der Waals surface area contributed by atoms with Crippen LogP contribution in [0.4, 0.5) is 0 Å². The molecule has 3 amide bonds. The molecule has 1 fully saturated rings. The number of hydrogen-bond acceptors (Lipinski definition) is 6. The number of nitriles is 1. The molecule has 0 saturated carbocycles. The third-order valence-electron chi connectivity index (χ3n) is 4.84. The number of rotatable bonds is 4. The molecule has 0 spiro atoms. The lowest BCUT2D eigenvalue weighted by atomic mass is 10.0. The minimum absolute atomic E-state index is 0.217. The number of fused-ring (bicyclic) bond motifs is 1. The second kappa shape index (κ2) is 6.64. The minimum Gasteiger partial charge on any atom is -0.322 e. The molecule has 27 heavy (non-hydrogen) atoms. The van der Waals surface area contributed by atoms with Crippen LogP contribution in [0.5, 0.6) is 0 Å². The summed E-state index contributed by atoms with van der Waals surface area (Å²) in [7, 11) is 0. The summed E-state index contributed by atoms with van der Waals surface area (Å²) < 4.78 is 1.59. The molecule has 1 N–H and O–H groups in total. The molecule has 2 aliphatic heterocycles. The van der Waals surface area contributed by atoms with Crippen molar-refractivity contribution in [3.05, 3.63) is 41.2 Å². The van der Waals surface area contributed by atoms with Gasteiger partial charge in [-0.3, -0.25) is 19.7 Å². The molecule has 2 aromatic rings. The summed E-state index contributed by atoms with van der Waals surface area (Å²) in [6.07, 6.45) is 3.14.